The highest BCUT2D eigenvalue weighted by Gasteiger charge is 2.53. The number of hydrogen-bond acceptors (Lipinski definition) is 7. The number of hydrogen-bond donors (Lipinski definition) is 1. The topological polar surface area (TPSA) is 97.4 Å². The Morgan fingerprint density at radius 2 is 2.06 bits per heavy atom. The highest BCUT2D eigenvalue weighted by atomic mass is 32.2. The summed E-state index contributed by atoms with van der Waals surface area (Å²) in [6, 6.07) is 4.80. The fraction of sp³-hybridized carbons (Fsp3) is 0.455. The molecule has 6 rings (SSSR count). The Kier molecular flexibility index (Phi) is 4.29. The van der Waals surface area contributed by atoms with E-state index in [1.165, 1.54) is 12.3 Å². The summed E-state index contributed by atoms with van der Waals surface area (Å²) in [7, 11) is -3.46. The maximum absolute atomic E-state index is 14.3. The smallest absolute Gasteiger partial charge is 0.185 e. The maximum Gasteiger partial charge on any atom is 0.185 e. The zero-order valence-corrected chi connectivity index (χ0v) is 18.4. The number of anilines is 1. The van der Waals surface area contributed by atoms with Crippen LogP contribution in [0.25, 0.3) is 22.3 Å². The highest BCUT2D eigenvalue weighted by Crippen LogP contribution is 2.53. The van der Waals surface area contributed by atoms with Crippen molar-refractivity contribution >= 4 is 26.6 Å². The molecule has 3 aromatic rings. The van der Waals surface area contributed by atoms with Gasteiger partial charge in [-0.3, -0.25) is 0 Å². The van der Waals surface area contributed by atoms with Gasteiger partial charge in [-0.2, -0.15) is 0 Å². The van der Waals surface area contributed by atoms with Crippen LogP contribution in [0.3, 0.4) is 0 Å². The molecule has 2 aromatic heterocycles. The van der Waals surface area contributed by atoms with Crippen molar-refractivity contribution < 1.29 is 22.3 Å². The summed E-state index contributed by atoms with van der Waals surface area (Å²) < 4.78 is 50.9. The number of rotatable bonds is 3. The zero-order chi connectivity index (χ0) is 22.1. The van der Waals surface area contributed by atoms with E-state index in [-0.39, 0.29) is 11.9 Å². The quantitative estimate of drug-likeness (QED) is 0.645. The third-order valence-electron chi connectivity index (χ3n) is 6.98. The third kappa shape index (κ3) is 2.72. The monoisotopic (exact) mass is 458 g/mol. The van der Waals surface area contributed by atoms with E-state index in [0.29, 0.717) is 78.8 Å². The predicted molar refractivity (Wildman–Crippen MR) is 117 cm³/mol. The average Bonchev–Trinajstić information content (AvgIpc) is 3.23. The van der Waals surface area contributed by atoms with E-state index < -0.39 is 14.6 Å². The molecule has 1 aromatic carbocycles. The van der Waals surface area contributed by atoms with Crippen LogP contribution in [0.15, 0.2) is 24.4 Å². The molecule has 8 nitrogen and oxygen atoms in total. The van der Waals surface area contributed by atoms with Crippen LogP contribution in [0.1, 0.15) is 25.0 Å². The minimum atomic E-state index is -3.46. The molecule has 2 fully saturated rings. The SMILES string of the molecule is CS(=O)(=O)C1(c2nc(-c3ccc(F)c4[nH]ccc34)nc3c2OCC2COCCN32)CCC1. The first-order valence-electron chi connectivity index (χ1n) is 10.7. The van der Waals surface area contributed by atoms with Crippen LogP contribution >= 0.6 is 0 Å². The normalized spacial score (nSPS) is 22.1. The molecule has 1 aliphatic carbocycles. The van der Waals surface area contributed by atoms with Crippen molar-refractivity contribution in [2.45, 2.75) is 30.1 Å². The number of H-pyrrole nitrogens is 1. The molecule has 32 heavy (non-hydrogen) atoms. The Labute approximate surface area is 184 Å². The molecule has 4 heterocycles. The first-order chi connectivity index (χ1) is 15.4. The summed E-state index contributed by atoms with van der Waals surface area (Å²) in [5.74, 6) is 1.04. The molecule has 1 atom stereocenters. The summed E-state index contributed by atoms with van der Waals surface area (Å²) >= 11 is 0. The van der Waals surface area contributed by atoms with Crippen LogP contribution in [0, 0.1) is 5.82 Å². The van der Waals surface area contributed by atoms with Gasteiger partial charge in [0.05, 0.1) is 24.8 Å². The number of nitrogens with one attached hydrogen (secondary N) is 1. The minimum absolute atomic E-state index is 0.00270. The number of benzene rings is 1. The van der Waals surface area contributed by atoms with Gasteiger partial charge in [0.15, 0.2) is 27.2 Å². The molecule has 0 amide bonds. The lowest BCUT2D eigenvalue weighted by Crippen LogP contribution is -2.52. The van der Waals surface area contributed by atoms with Gasteiger partial charge < -0.3 is 19.4 Å². The van der Waals surface area contributed by atoms with Crippen molar-refractivity contribution in [1.82, 2.24) is 15.0 Å². The van der Waals surface area contributed by atoms with Crippen LogP contribution in [0.4, 0.5) is 10.2 Å². The number of morpholine rings is 1. The van der Waals surface area contributed by atoms with Crippen molar-refractivity contribution in [3.63, 3.8) is 0 Å². The Morgan fingerprint density at radius 1 is 1.22 bits per heavy atom. The first-order valence-corrected chi connectivity index (χ1v) is 12.6. The molecule has 10 heteroatoms. The number of halogens is 1. The molecule has 168 valence electrons. The van der Waals surface area contributed by atoms with Crippen molar-refractivity contribution in [1.29, 1.82) is 0 Å². The maximum atomic E-state index is 14.3. The van der Waals surface area contributed by atoms with Crippen LogP contribution in [-0.2, 0) is 19.3 Å². The van der Waals surface area contributed by atoms with Gasteiger partial charge in [0, 0.05) is 29.9 Å². The molecule has 1 saturated heterocycles. The number of ether oxygens (including phenoxy) is 2. The van der Waals surface area contributed by atoms with Gasteiger partial charge in [-0.1, -0.05) is 0 Å². The van der Waals surface area contributed by atoms with E-state index in [9.17, 15) is 12.8 Å². The summed E-state index contributed by atoms with van der Waals surface area (Å²) in [5.41, 5.74) is 1.43. The second-order valence-corrected chi connectivity index (χ2v) is 11.1. The largest absolute Gasteiger partial charge is 0.486 e. The molecule has 1 N–H and O–H groups in total. The van der Waals surface area contributed by atoms with Crippen molar-refractivity contribution in [2.24, 2.45) is 0 Å². The van der Waals surface area contributed by atoms with Crippen molar-refractivity contribution in [2.75, 3.05) is 37.5 Å². The lowest BCUT2D eigenvalue weighted by atomic mass is 9.80. The number of nitrogens with zero attached hydrogens (tertiary/aromatic N) is 3. The lowest BCUT2D eigenvalue weighted by molar-refractivity contribution is 0.0688. The standard InChI is InChI=1S/C22H23FN4O4S/c1-32(28,29)22(6-2-7-22)19-18-21(27-9-10-30-11-13(27)12-31-18)26-20(25-19)15-3-4-16(23)17-14(15)5-8-24-17/h3-5,8,13,24H,2,6-7,9-12H2,1H3. The van der Waals surface area contributed by atoms with Crippen LogP contribution in [-0.4, -0.2) is 62.0 Å². The summed E-state index contributed by atoms with van der Waals surface area (Å²) in [6.07, 6.45) is 4.73. The molecule has 1 unspecified atom stereocenters. The minimum Gasteiger partial charge on any atom is -0.486 e. The van der Waals surface area contributed by atoms with Gasteiger partial charge in [-0.05, 0) is 37.5 Å². The number of sulfone groups is 1. The van der Waals surface area contributed by atoms with Crippen molar-refractivity contribution in [3.05, 3.63) is 35.9 Å². The highest BCUT2D eigenvalue weighted by molar-refractivity contribution is 7.91. The van der Waals surface area contributed by atoms with E-state index in [1.54, 1.807) is 18.3 Å². The second kappa shape index (κ2) is 6.89. The van der Waals surface area contributed by atoms with Crippen LogP contribution < -0.4 is 9.64 Å². The zero-order valence-electron chi connectivity index (χ0n) is 17.6. The molecule has 3 aliphatic rings. The Balaban J connectivity index is 1.63. The van der Waals surface area contributed by atoms with Gasteiger partial charge in [0.2, 0.25) is 0 Å². The summed E-state index contributed by atoms with van der Waals surface area (Å²) in [4.78, 5) is 14.7. The van der Waals surface area contributed by atoms with Crippen LogP contribution in [0.5, 0.6) is 5.75 Å². The molecule has 0 radical (unpaired) electrons. The Bertz CT molecular complexity index is 1340. The molecular weight excluding hydrogens is 435 g/mol. The van der Waals surface area contributed by atoms with Crippen LogP contribution in [0.2, 0.25) is 0 Å². The molecule has 0 spiro atoms. The third-order valence-corrected chi connectivity index (χ3v) is 9.00. The molecular formula is C22H23FN4O4S. The number of fused-ring (bicyclic) bond motifs is 4. The van der Waals surface area contributed by atoms with Gasteiger partial charge in [0.1, 0.15) is 22.9 Å². The van der Waals surface area contributed by atoms with E-state index >= 15 is 0 Å². The van der Waals surface area contributed by atoms with E-state index in [4.69, 9.17) is 19.4 Å². The van der Waals surface area contributed by atoms with Gasteiger partial charge in [-0.15, -0.1) is 0 Å². The molecule has 0 bridgehead atoms. The fourth-order valence-corrected chi connectivity index (χ4v) is 6.56. The van der Waals surface area contributed by atoms with Gasteiger partial charge in [-0.25, -0.2) is 22.8 Å². The van der Waals surface area contributed by atoms with E-state index in [0.717, 1.165) is 6.42 Å². The van der Waals surface area contributed by atoms with E-state index in [1.807, 2.05) is 0 Å². The van der Waals surface area contributed by atoms with E-state index in [2.05, 4.69) is 9.88 Å². The fourth-order valence-electron chi connectivity index (χ4n) is 5.04. The Morgan fingerprint density at radius 3 is 2.81 bits per heavy atom. The summed E-state index contributed by atoms with van der Waals surface area (Å²) in [6.45, 7) is 2.09. The lowest BCUT2D eigenvalue weighted by Gasteiger charge is -2.44. The summed E-state index contributed by atoms with van der Waals surface area (Å²) in [5, 5.41) is 0.646. The second-order valence-electron chi connectivity index (χ2n) is 8.76. The van der Waals surface area contributed by atoms with Crippen molar-refractivity contribution in [3.8, 4) is 17.1 Å². The van der Waals surface area contributed by atoms with Gasteiger partial charge in [0.25, 0.3) is 0 Å². The van der Waals surface area contributed by atoms with Gasteiger partial charge >= 0.3 is 0 Å². The molecule has 1 saturated carbocycles. The molecule has 2 aliphatic heterocycles. The number of aromatic nitrogens is 3. The average molecular weight is 459 g/mol. The predicted octanol–water partition coefficient (Wildman–Crippen LogP) is 2.79. The Hall–Kier alpha value is -2.72. The first kappa shape index (κ1) is 19.9. The number of aromatic amines is 1.